The summed E-state index contributed by atoms with van der Waals surface area (Å²) in [4.78, 5) is 49.0. The quantitative estimate of drug-likeness (QED) is 0.402. The summed E-state index contributed by atoms with van der Waals surface area (Å²) in [6.07, 6.45) is 2.02. The summed E-state index contributed by atoms with van der Waals surface area (Å²) >= 11 is 0. The number of amides is 2. The lowest BCUT2D eigenvalue weighted by molar-refractivity contribution is -0.143. The van der Waals surface area contributed by atoms with Gasteiger partial charge in [0.2, 0.25) is 11.8 Å². The Hall–Kier alpha value is -3.62. The minimum atomic E-state index is -1.13. The number of carboxylic acids is 1. The molecule has 0 aliphatic heterocycles. The molecule has 0 spiro atoms. The molecule has 0 fully saturated rings. The first-order valence-electron chi connectivity index (χ1n) is 12.0. The summed E-state index contributed by atoms with van der Waals surface area (Å²) < 4.78 is 11.4. The number of carbonyl (C=O) groups excluding carboxylic acids is 2. The van der Waals surface area contributed by atoms with E-state index >= 15 is 0 Å². The van der Waals surface area contributed by atoms with Crippen LogP contribution in [0.4, 0.5) is 0 Å². The molecule has 2 unspecified atom stereocenters. The number of fused-ring (bicyclic) bond motifs is 2. The van der Waals surface area contributed by atoms with Gasteiger partial charge in [-0.15, -0.1) is 0 Å². The van der Waals surface area contributed by atoms with Gasteiger partial charge in [0.15, 0.2) is 0 Å². The molecule has 0 aliphatic carbocycles. The SMILES string of the molecule is CCC(C)C(NC(=O)CNC(=O)Cc1c(C)c2cc3c(C(C)(C)C)coc3c(C)c2oc1=O)C(=O)O. The first-order chi connectivity index (χ1) is 16.8. The summed E-state index contributed by atoms with van der Waals surface area (Å²) in [5.74, 6) is -2.57. The largest absolute Gasteiger partial charge is 0.480 e. The lowest BCUT2D eigenvalue weighted by Crippen LogP contribution is -2.48. The Morgan fingerprint density at radius 2 is 1.72 bits per heavy atom. The fraction of sp³-hybridized carbons (Fsp3) is 0.481. The summed E-state index contributed by atoms with van der Waals surface area (Å²) in [5, 5.41) is 15.8. The Kier molecular flexibility index (Phi) is 7.62. The lowest BCUT2D eigenvalue weighted by atomic mass is 9.86. The third-order valence-corrected chi connectivity index (χ3v) is 6.73. The molecular formula is C27H34N2O7. The van der Waals surface area contributed by atoms with Crippen LogP contribution in [0.3, 0.4) is 0 Å². The zero-order valence-corrected chi connectivity index (χ0v) is 21.8. The second-order valence-corrected chi connectivity index (χ2v) is 10.4. The first-order valence-corrected chi connectivity index (χ1v) is 12.0. The van der Waals surface area contributed by atoms with E-state index in [1.807, 2.05) is 19.9 Å². The number of benzene rings is 1. The molecule has 9 heteroatoms. The molecule has 9 nitrogen and oxygen atoms in total. The van der Waals surface area contributed by atoms with Crippen molar-refractivity contribution < 1.29 is 28.3 Å². The zero-order chi connectivity index (χ0) is 26.9. The van der Waals surface area contributed by atoms with Crippen molar-refractivity contribution >= 4 is 39.7 Å². The van der Waals surface area contributed by atoms with Crippen LogP contribution < -0.4 is 16.3 Å². The van der Waals surface area contributed by atoms with Crippen LogP contribution in [-0.2, 0) is 26.2 Å². The van der Waals surface area contributed by atoms with Gasteiger partial charge in [0.25, 0.3) is 0 Å². The molecule has 1 aromatic carbocycles. The summed E-state index contributed by atoms with van der Waals surface area (Å²) in [6.45, 7) is 13.0. The van der Waals surface area contributed by atoms with Gasteiger partial charge in [0.1, 0.15) is 17.2 Å². The van der Waals surface area contributed by atoms with Gasteiger partial charge in [-0.3, -0.25) is 9.59 Å². The van der Waals surface area contributed by atoms with E-state index in [2.05, 4.69) is 31.4 Å². The van der Waals surface area contributed by atoms with Crippen LogP contribution in [0, 0.1) is 19.8 Å². The van der Waals surface area contributed by atoms with Crippen molar-refractivity contribution in [2.24, 2.45) is 5.92 Å². The predicted molar refractivity (Wildman–Crippen MR) is 136 cm³/mol. The van der Waals surface area contributed by atoms with Gasteiger partial charge in [0.05, 0.1) is 24.8 Å². The van der Waals surface area contributed by atoms with Gasteiger partial charge in [0, 0.05) is 21.9 Å². The minimum absolute atomic E-state index is 0.160. The van der Waals surface area contributed by atoms with Crippen molar-refractivity contribution in [1.82, 2.24) is 10.6 Å². The number of aliphatic carboxylic acids is 1. The van der Waals surface area contributed by atoms with Gasteiger partial charge in [-0.1, -0.05) is 41.0 Å². The fourth-order valence-corrected chi connectivity index (χ4v) is 4.29. The molecule has 0 saturated heterocycles. The highest BCUT2D eigenvalue weighted by Gasteiger charge is 2.26. The van der Waals surface area contributed by atoms with Crippen LogP contribution in [-0.4, -0.2) is 35.5 Å². The third kappa shape index (κ3) is 5.29. The van der Waals surface area contributed by atoms with E-state index in [1.165, 1.54) is 0 Å². The molecule has 3 rings (SSSR count). The van der Waals surface area contributed by atoms with Crippen LogP contribution in [0.1, 0.15) is 63.3 Å². The van der Waals surface area contributed by atoms with Crippen molar-refractivity contribution in [1.29, 1.82) is 0 Å². The average Bonchev–Trinajstić information content (AvgIpc) is 3.24. The van der Waals surface area contributed by atoms with Crippen LogP contribution in [0.5, 0.6) is 0 Å². The highest BCUT2D eigenvalue weighted by molar-refractivity contribution is 6.00. The molecule has 2 aromatic heterocycles. The minimum Gasteiger partial charge on any atom is -0.480 e. The fourth-order valence-electron chi connectivity index (χ4n) is 4.29. The molecule has 0 bridgehead atoms. The number of hydrogen-bond acceptors (Lipinski definition) is 6. The van der Waals surface area contributed by atoms with Gasteiger partial charge in [-0.05, 0) is 36.8 Å². The lowest BCUT2D eigenvalue weighted by Gasteiger charge is -2.20. The van der Waals surface area contributed by atoms with E-state index in [9.17, 15) is 24.3 Å². The molecule has 2 atom stereocenters. The molecular weight excluding hydrogens is 464 g/mol. The maximum Gasteiger partial charge on any atom is 0.340 e. The Morgan fingerprint density at radius 1 is 1.06 bits per heavy atom. The zero-order valence-electron chi connectivity index (χ0n) is 21.8. The molecule has 0 aliphatic rings. The van der Waals surface area contributed by atoms with E-state index in [1.54, 1.807) is 20.1 Å². The van der Waals surface area contributed by atoms with E-state index in [0.29, 0.717) is 34.1 Å². The van der Waals surface area contributed by atoms with Gasteiger partial charge in [-0.25, -0.2) is 9.59 Å². The molecule has 3 aromatic rings. The number of aryl methyl sites for hydroxylation is 2. The number of carboxylic acid groups (broad SMARTS) is 1. The Labute approximate surface area is 209 Å². The van der Waals surface area contributed by atoms with Crippen molar-refractivity contribution in [2.75, 3.05) is 6.54 Å². The van der Waals surface area contributed by atoms with Gasteiger partial charge in [-0.2, -0.15) is 0 Å². The number of nitrogens with one attached hydrogen (secondary N) is 2. The highest BCUT2D eigenvalue weighted by Crippen LogP contribution is 2.37. The van der Waals surface area contributed by atoms with Crippen molar-refractivity contribution in [3.8, 4) is 0 Å². The Morgan fingerprint density at radius 3 is 2.31 bits per heavy atom. The standard InChI is InChI=1S/C27H34N2O7/c1-8-13(2)22(25(32)33)29-21(31)11-28-20(30)10-17-14(3)16-9-18-19(27(5,6)7)12-35-23(18)15(4)24(16)36-26(17)34/h9,12-13,22H,8,10-11H2,1-7H3,(H,28,30)(H,29,31)(H,32,33). The Bertz CT molecular complexity index is 1390. The normalized spacial score (nSPS) is 13.5. The maximum absolute atomic E-state index is 12.8. The van der Waals surface area contributed by atoms with E-state index in [0.717, 1.165) is 10.9 Å². The molecule has 36 heavy (non-hydrogen) atoms. The third-order valence-electron chi connectivity index (χ3n) is 6.73. The summed E-state index contributed by atoms with van der Waals surface area (Å²) in [5.41, 5.74) is 2.82. The molecule has 194 valence electrons. The predicted octanol–water partition coefficient (Wildman–Crippen LogP) is 3.73. The van der Waals surface area contributed by atoms with Crippen molar-refractivity contribution in [3.05, 3.63) is 45.0 Å². The molecule has 2 heterocycles. The second kappa shape index (κ2) is 10.2. The number of hydrogen-bond donors (Lipinski definition) is 3. The van der Waals surface area contributed by atoms with Crippen LogP contribution in [0.15, 0.2) is 26.0 Å². The van der Waals surface area contributed by atoms with Crippen molar-refractivity contribution in [2.45, 2.75) is 72.8 Å². The topological polar surface area (TPSA) is 139 Å². The Balaban J connectivity index is 1.85. The molecule has 3 N–H and O–H groups in total. The van der Waals surface area contributed by atoms with Gasteiger partial charge >= 0.3 is 11.6 Å². The smallest absolute Gasteiger partial charge is 0.340 e. The summed E-state index contributed by atoms with van der Waals surface area (Å²) in [7, 11) is 0. The van der Waals surface area contributed by atoms with Crippen LogP contribution in [0.2, 0.25) is 0 Å². The van der Waals surface area contributed by atoms with Crippen LogP contribution in [0.25, 0.3) is 21.9 Å². The number of rotatable bonds is 8. The van der Waals surface area contributed by atoms with E-state index in [-0.39, 0.29) is 23.3 Å². The molecule has 0 radical (unpaired) electrons. The first kappa shape index (κ1) is 27.0. The highest BCUT2D eigenvalue weighted by atomic mass is 16.4. The molecule has 2 amide bonds. The van der Waals surface area contributed by atoms with Crippen LogP contribution >= 0.6 is 0 Å². The second-order valence-electron chi connectivity index (χ2n) is 10.4. The van der Waals surface area contributed by atoms with E-state index in [4.69, 9.17) is 8.83 Å². The van der Waals surface area contributed by atoms with Gasteiger partial charge < -0.3 is 24.6 Å². The maximum atomic E-state index is 12.8. The van der Waals surface area contributed by atoms with Crippen molar-refractivity contribution in [3.63, 3.8) is 0 Å². The molecule has 0 saturated carbocycles. The summed E-state index contributed by atoms with van der Waals surface area (Å²) in [6, 6.07) is 0.880. The number of furan rings is 1. The average molecular weight is 499 g/mol. The number of carbonyl (C=O) groups is 3. The van der Waals surface area contributed by atoms with E-state index < -0.39 is 36.0 Å². The monoisotopic (exact) mass is 498 g/mol.